The van der Waals surface area contributed by atoms with Gasteiger partial charge in [0, 0.05) is 36.7 Å². The first-order chi connectivity index (χ1) is 27.9. The molecule has 1 saturated heterocycles. The molecule has 16 nitrogen and oxygen atoms in total. The number of rotatable bonds is 14. The summed E-state index contributed by atoms with van der Waals surface area (Å²) in [5, 5.41) is 0.516. The van der Waals surface area contributed by atoms with Crippen LogP contribution < -0.4 is 30.9 Å². The average Bonchev–Trinajstić information content (AvgIpc) is 3.52. The third kappa shape index (κ3) is 8.37. The Morgan fingerprint density at radius 3 is 2.02 bits per heavy atom. The lowest BCUT2D eigenvalue weighted by Crippen LogP contribution is -2.42. The van der Waals surface area contributed by atoms with Gasteiger partial charge in [-0.05, 0) is 59.2 Å². The monoisotopic (exact) mass is 812 g/mol. The summed E-state index contributed by atoms with van der Waals surface area (Å²) in [5.41, 5.74) is -1.66. The summed E-state index contributed by atoms with van der Waals surface area (Å²) in [4.78, 5) is 63.1. The number of benzene rings is 4. The van der Waals surface area contributed by atoms with E-state index in [-0.39, 0.29) is 11.3 Å². The van der Waals surface area contributed by atoms with Gasteiger partial charge in [-0.15, -0.1) is 0 Å². The van der Waals surface area contributed by atoms with Crippen molar-refractivity contribution in [3.63, 3.8) is 0 Å². The summed E-state index contributed by atoms with van der Waals surface area (Å²) in [5.74, 6) is 0.121. The first-order valence-corrected chi connectivity index (χ1v) is 19.3. The number of hydrogen-bond donors (Lipinski definition) is 2. The Balaban J connectivity index is 1.33. The highest BCUT2D eigenvalue weighted by atomic mass is 31.2. The number of carbonyl (C=O) groups is 1. The fourth-order valence-electron chi connectivity index (χ4n) is 6.83. The second-order valence-corrected chi connectivity index (χ2v) is 14.4. The number of phosphoric ester groups is 1. The number of methoxy groups -OCH3 is 2. The number of nitrogens with one attached hydrogen (secondary N) is 1. The third-order valence-corrected chi connectivity index (χ3v) is 10.4. The van der Waals surface area contributed by atoms with Gasteiger partial charge in [0.05, 0.1) is 20.8 Å². The highest BCUT2D eigenvalue weighted by Crippen LogP contribution is 2.50. The minimum absolute atomic E-state index is 0.0742. The number of hydrogen-bond acceptors (Lipinski definition) is 13. The molecule has 1 fully saturated rings. The Hall–Kier alpha value is -6.29. The summed E-state index contributed by atoms with van der Waals surface area (Å²) in [6.45, 7) is 0.671. The molecular weight excluding hydrogens is 775 g/mol. The van der Waals surface area contributed by atoms with Gasteiger partial charge in [-0.1, -0.05) is 54.6 Å². The van der Waals surface area contributed by atoms with Crippen LogP contribution in [0.1, 0.15) is 29.8 Å². The molecule has 300 valence electrons. The van der Waals surface area contributed by atoms with Crippen LogP contribution in [0, 0.1) is 0 Å². The van der Waals surface area contributed by atoms with Crippen LogP contribution in [0.15, 0.2) is 140 Å². The fraction of sp³-hybridized carbons (Fsp3) is 0.220. The molecule has 0 spiro atoms. The van der Waals surface area contributed by atoms with Gasteiger partial charge in [0.1, 0.15) is 40.6 Å². The minimum atomic E-state index is -5.19. The largest absolute Gasteiger partial charge is 0.527 e. The van der Waals surface area contributed by atoms with Gasteiger partial charge in [-0.3, -0.25) is 28.6 Å². The Labute approximate surface area is 329 Å². The third-order valence-electron chi connectivity index (χ3n) is 9.42. The van der Waals surface area contributed by atoms with Crippen molar-refractivity contribution >= 4 is 24.8 Å². The molecule has 17 heteroatoms. The zero-order chi connectivity index (χ0) is 41.0. The maximum atomic E-state index is 13.9. The highest BCUT2D eigenvalue weighted by Gasteiger charge is 2.53. The van der Waals surface area contributed by atoms with E-state index in [1.807, 2.05) is 54.6 Å². The second-order valence-electron chi connectivity index (χ2n) is 13.1. The van der Waals surface area contributed by atoms with E-state index >= 15 is 0 Å². The predicted octanol–water partition coefficient (Wildman–Crippen LogP) is 5.06. The first-order valence-electron chi connectivity index (χ1n) is 17.8. The number of ether oxygens (including phenoxy) is 5. The molecule has 0 aliphatic carbocycles. The van der Waals surface area contributed by atoms with Crippen molar-refractivity contribution in [1.29, 1.82) is 0 Å². The molecule has 3 unspecified atom stereocenters. The number of esters is 1. The Morgan fingerprint density at radius 2 is 1.41 bits per heavy atom. The molecule has 2 aromatic heterocycles. The van der Waals surface area contributed by atoms with E-state index in [0.717, 1.165) is 23.8 Å². The zero-order valence-corrected chi connectivity index (χ0v) is 32.1. The number of aromatic amines is 1. The Bertz CT molecular complexity index is 2580. The molecule has 0 saturated carbocycles. The molecule has 6 aromatic rings. The highest BCUT2D eigenvalue weighted by molar-refractivity contribution is 7.47. The van der Waals surface area contributed by atoms with Gasteiger partial charge in [0.15, 0.2) is 12.3 Å². The van der Waals surface area contributed by atoms with Gasteiger partial charge in [-0.25, -0.2) is 14.2 Å². The van der Waals surface area contributed by atoms with Crippen molar-refractivity contribution in [1.82, 2.24) is 9.55 Å². The fourth-order valence-corrected chi connectivity index (χ4v) is 7.81. The molecule has 7 rings (SSSR count). The standard InChI is InChI=1S/C41H37N2O14P/c1-25(44)53-38-37(57-58(48,49)56-32-15-9-26-10-20-36(46)54-33(26)23-32)34(55-39(38)43-22-21-35(45)42-40(43)47)24-52-41(27-7-5-4-6-8-27,28-11-16-30(50-2)17-12-28)29-13-18-31(51-3)19-14-29/h4-23,34,37-39H,24H2,1-3H3,(H,48,49)(H,42,45,47)/t34-,37?,38?,39-/m1/s1. The number of carbonyl (C=O) groups excluding carboxylic acids is 1. The number of H-pyrrole nitrogens is 1. The van der Waals surface area contributed by atoms with E-state index in [1.165, 1.54) is 30.3 Å². The Morgan fingerprint density at radius 1 is 0.810 bits per heavy atom. The number of aromatic nitrogens is 2. The van der Waals surface area contributed by atoms with Crippen LogP contribution in [0.4, 0.5) is 0 Å². The summed E-state index contributed by atoms with van der Waals surface area (Å²) in [6, 6.07) is 31.5. The van der Waals surface area contributed by atoms with E-state index < -0.39 is 67.4 Å². The molecule has 58 heavy (non-hydrogen) atoms. The lowest BCUT2D eigenvalue weighted by Gasteiger charge is -2.37. The SMILES string of the molecule is COc1ccc(C(OC[C@H]2O[C@@H](n3ccc(=O)[nH]c3=O)C(OC(C)=O)C2OP(=O)(O)Oc2ccc3ccc(=O)oc3c2)(c2ccccc2)c2ccc(OC)cc2)cc1. The summed E-state index contributed by atoms with van der Waals surface area (Å²) in [7, 11) is -2.10. The van der Waals surface area contributed by atoms with Gasteiger partial charge in [-0.2, -0.15) is 0 Å². The van der Waals surface area contributed by atoms with Crippen molar-refractivity contribution in [3.8, 4) is 17.2 Å². The average molecular weight is 813 g/mol. The maximum Gasteiger partial charge on any atom is 0.527 e. The Kier molecular flexibility index (Phi) is 11.5. The van der Waals surface area contributed by atoms with Crippen LogP contribution in [0.25, 0.3) is 11.0 Å². The quantitative estimate of drug-likeness (QED) is 0.0639. The van der Waals surface area contributed by atoms with E-state index in [9.17, 15) is 28.6 Å². The van der Waals surface area contributed by atoms with Crippen LogP contribution >= 0.6 is 7.82 Å². The molecular formula is C41H37N2O14P. The smallest absolute Gasteiger partial charge is 0.497 e. The molecule has 1 aliphatic rings. The van der Waals surface area contributed by atoms with E-state index in [0.29, 0.717) is 33.6 Å². The molecule has 3 heterocycles. The molecule has 2 N–H and O–H groups in total. The summed E-state index contributed by atoms with van der Waals surface area (Å²) < 4.78 is 61.2. The normalized spacial score (nSPS) is 19.0. The topological polar surface area (TPSA) is 204 Å². The molecule has 0 amide bonds. The van der Waals surface area contributed by atoms with Crippen LogP contribution in [0.5, 0.6) is 17.2 Å². The maximum absolute atomic E-state index is 13.9. The molecule has 0 radical (unpaired) electrons. The first kappa shape index (κ1) is 39.9. The minimum Gasteiger partial charge on any atom is -0.497 e. The van der Waals surface area contributed by atoms with Crippen LogP contribution in [-0.2, 0) is 33.7 Å². The van der Waals surface area contributed by atoms with Crippen molar-refractivity contribution in [2.24, 2.45) is 0 Å². The van der Waals surface area contributed by atoms with Gasteiger partial charge in [0.25, 0.3) is 5.56 Å². The van der Waals surface area contributed by atoms with Gasteiger partial charge < -0.3 is 32.6 Å². The van der Waals surface area contributed by atoms with Crippen LogP contribution in [-0.4, -0.2) is 59.6 Å². The summed E-state index contributed by atoms with van der Waals surface area (Å²) >= 11 is 0. The van der Waals surface area contributed by atoms with Crippen molar-refractivity contribution in [2.75, 3.05) is 20.8 Å². The van der Waals surface area contributed by atoms with Crippen LogP contribution in [0.2, 0.25) is 0 Å². The molecule has 1 aliphatic heterocycles. The molecule has 0 bridgehead atoms. The summed E-state index contributed by atoms with van der Waals surface area (Å²) in [6.07, 6.45) is -4.98. The number of fused-ring (bicyclic) bond motifs is 1. The van der Waals surface area contributed by atoms with Crippen LogP contribution in [0.3, 0.4) is 0 Å². The van der Waals surface area contributed by atoms with Crippen molar-refractivity contribution in [3.05, 3.63) is 169 Å². The van der Waals surface area contributed by atoms with E-state index in [1.54, 1.807) is 38.5 Å². The van der Waals surface area contributed by atoms with Gasteiger partial charge >= 0.3 is 25.1 Å². The number of nitrogens with zero attached hydrogens (tertiary/aromatic N) is 1. The van der Waals surface area contributed by atoms with Crippen molar-refractivity contribution < 1.29 is 51.4 Å². The number of phosphoric acid groups is 1. The van der Waals surface area contributed by atoms with E-state index in [4.69, 9.17) is 37.1 Å². The zero-order valence-electron chi connectivity index (χ0n) is 31.2. The van der Waals surface area contributed by atoms with Crippen molar-refractivity contribution in [2.45, 2.75) is 37.1 Å². The molecule has 5 atom stereocenters. The van der Waals surface area contributed by atoms with E-state index in [2.05, 4.69) is 4.98 Å². The second kappa shape index (κ2) is 16.7. The predicted molar refractivity (Wildman–Crippen MR) is 207 cm³/mol. The molecule has 4 aromatic carbocycles. The lowest BCUT2D eigenvalue weighted by molar-refractivity contribution is -0.155. The van der Waals surface area contributed by atoms with Gasteiger partial charge in [0.2, 0.25) is 0 Å². The lowest BCUT2D eigenvalue weighted by atomic mass is 9.80.